The lowest BCUT2D eigenvalue weighted by atomic mass is 9.98. The highest BCUT2D eigenvalue weighted by atomic mass is 19.4. The Hall–Kier alpha value is -3.41. The summed E-state index contributed by atoms with van der Waals surface area (Å²) in [6.07, 6.45) is -8.07. The Morgan fingerprint density at radius 1 is 1.11 bits per heavy atom. The quantitative estimate of drug-likeness (QED) is 0.516. The third kappa shape index (κ3) is 5.53. The number of likely N-dealkylation sites (tertiary alicyclic amines) is 1. The fraction of sp³-hybridized carbons (Fsp3) is 0.375. The van der Waals surface area contributed by atoms with Crippen molar-refractivity contribution in [1.29, 1.82) is 0 Å². The van der Waals surface area contributed by atoms with Gasteiger partial charge in [-0.1, -0.05) is 6.07 Å². The first-order valence-electron chi connectivity index (χ1n) is 10.7. The number of hydrogen-bond acceptors (Lipinski definition) is 5. The van der Waals surface area contributed by atoms with Gasteiger partial charge in [-0.15, -0.1) is 0 Å². The second-order valence-electron chi connectivity index (χ2n) is 8.51. The number of nitrogens with zero attached hydrogens (tertiary/aromatic N) is 1. The average molecular weight is 517 g/mol. The molecule has 0 saturated carbocycles. The highest BCUT2D eigenvalue weighted by Gasteiger charge is 2.38. The van der Waals surface area contributed by atoms with E-state index in [-0.39, 0.29) is 24.3 Å². The summed E-state index contributed by atoms with van der Waals surface area (Å²) in [7, 11) is 1.39. The van der Waals surface area contributed by atoms with E-state index in [2.05, 4.69) is 0 Å². The molecule has 0 amide bonds. The molecule has 2 aliphatic rings. The maximum atomic E-state index is 13.4. The van der Waals surface area contributed by atoms with Gasteiger partial charge in [0, 0.05) is 37.3 Å². The van der Waals surface area contributed by atoms with Crippen LogP contribution in [0, 0.1) is 5.92 Å². The van der Waals surface area contributed by atoms with Gasteiger partial charge < -0.3 is 19.3 Å². The molecule has 1 fully saturated rings. The summed E-state index contributed by atoms with van der Waals surface area (Å²) < 4.78 is 95.5. The van der Waals surface area contributed by atoms with Crippen molar-refractivity contribution in [3.05, 3.63) is 58.2 Å². The van der Waals surface area contributed by atoms with Crippen molar-refractivity contribution in [2.45, 2.75) is 19.0 Å². The first-order chi connectivity index (χ1) is 16.8. The second kappa shape index (κ2) is 9.57. The molecule has 1 saturated heterocycles. The number of benzene rings is 2. The fourth-order valence-electron chi connectivity index (χ4n) is 4.04. The monoisotopic (exact) mass is 517 g/mol. The van der Waals surface area contributed by atoms with Crippen LogP contribution in [-0.2, 0) is 23.8 Å². The predicted molar refractivity (Wildman–Crippen MR) is 115 cm³/mol. The molecule has 194 valence electrons. The number of rotatable bonds is 7. The van der Waals surface area contributed by atoms with Crippen LogP contribution in [0.15, 0.2) is 35.9 Å². The Labute approximate surface area is 201 Å². The Bertz CT molecular complexity index is 1180. The molecule has 4 rings (SSSR count). The van der Waals surface area contributed by atoms with Crippen LogP contribution in [0.25, 0.3) is 6.08 Å². The molecule has 36 heavy (non-hydrogen) atoms. The number of carbonyl (C=O) groups is 1. The largest absolute Gasteiger partial charge is 0.496 e. The number of fused-ring (bicyclic) bond motifs is 1. The zero-order chi connectivity index (χ0) is 26.3. The topological polar surface area (TPSA) is 68.2 Å². The predicted octanol–water partition coefficient (Wildman–Crippen LogP) is 5.10. The molecule has 1 N–H and O–H groups in total. The van der Waals surface area contributed by atoms with Gasteiger partial charge in [-0.3, -0.25) is 9.69 Å². The number of ether oxygens (including phenoxy) is 3. The lowest BCUT2D eigenvalue weighted by Crippen LogP contribution is -2.51. The Kier molecular flexibility index (Phi) is 6.82. The van der Waals surface area contributed by atoms with Crippen molar-refractivity contribution in [2.24, 2.45) is 5.92 Å². The summed E-state index contributed by atoms with van der Waals surface area (Å²) >= 11 is 0. The second-order valence-corrected chi connectivity index (χ2v) is 8.51. The number of carboxylic acids is 1. The van der Waals surface area contributed by atoms with Crippen molar-refractivity contribution in [3.63, 3.8) is 0 Å². The Morgan fingerprint density at radius 3 is 2.44 bits per heavy atom. The van der Waals surface area contributed by atoms with Gasteiger partial charge >= 0.3 is 18.3 Å². The zero-order valence-corrected chi connectivity index (χ0v) is 18.9. The highest BCUT2D eigenvalue weighted by molar-refractivity contribution is 5.72. The summed E-state index contributed by atoms with van der Waals surface area (Å²) in [5.41, 5.74) is -1.81. The van der Waals surface area contributed by atoms with Crippen LogP contribution < -0.4 is 14.2 Å². The van der Waals surface area contributed by atoms with E-state index in [1.54, 1.807) is 0 Å². The van der Waals surface area contributed by atoms with E-state index in [0.29, 0.717) is 42.8 Å². The Morgan fingerprint density at radius 2 is 1.83 bits per heavy atom. The molecule has 12 heteroatoms. The third-order valence-corrected chi connectivity index (χ3v) is 5.93. The van der Waals surface area contributed by atoms with E-state index in [9.17, 15) is 31.1 Å². The van der Waals surface area contributed by atoms with Gasteiger partial charge in [0.2, 0.25) is 0 Å². The molecule has 2 heterocycles. The van der Waals surface area contributed by atoms with E-state index >= 15 is 0 Å². The first kappa shape index (κ1) is 25.7. The van der Waals surface area contributed by atoms with E-state index in [1.807, 2.05) is 11.0 Å². The van der Waals surface area contributed by atoms with Crippen LogP contribution in [0.2, 0.25) is 0 Å². The molecule has 0 unspecified atom stereocenters. The lowest BCUT2D eigenvalue weighted by molar-refractivity contribution is -0.147. The van der Waals surface area contributed by atoms with E-state index in [0.717, 1.165) is 11.6 Å². The van der Waals surface area contributed by atoms with Gasteiger partial charge in [-0.2, -0.15) is 26.3 Å². The molecule has 0 aliphatic carbocycles. The van der Waals surface area contributed by atoms with Crippen LogP contribution in [0.1, 0.15) is 22.3 Å². The van der Waals surface area contributed by atoms with Gasteiger partial charge in [-0.25, -0.2) is 0 Å². The van der Waals surface area contributed by atoms with E-state index < -0.39 is 41.6 Å². The van der Waals surface area contributed by atoms with Crippen LogP contribution in [0.4, 0.5) is 26.3 Å². The summed E-state index contributed by atoms with van der Waals surface area (Å²) in [6, 6.07) is 4.30. The van der Waals surface area contributed by atoms with Gasteiger partial charge in [-0.05, 0) is 23.8 Å². The fourth-order valence-corrected chi connectivity index (χ4v) is 4.04. The summed E-state index contributed by atoms with van der Waals surface area (Å²) in [5, 5.41) is 9.00. The molecular formula is C24H21F6NO5. The van der Waals surface area contributed by atoms with Crippen molar-refractivity contribution < 1.29 is 50.5 Å². The molecule has 6 nitrogen and oxygen atoms in total. The van der Waals surface area contributed by atoms with Gasteiger partial charge in [0.25, 0.3) is 0 Å². The van der Waals surface area contributed by atoms with E-state index in [1.165, 1.54) is 19.2 Å². The van der Waals surface area contributed by atoms with Crippen molar-refractivity contribution in [1.82, 2.24) is 4.90 Å². The van der Waals surface area contributed by atoms with Gasteiger partial charge in [0.05, 0.1) is 29.7 Å². The molecule has 2 aromatic rings. The van der Waals surface area contributed by atoms with Crippen LogP contribution in [0.3, 0.4) is 0 Å². The standard InChI is InChI=1S/C24H21F6NO5/c1-34-20-6-17(35-12-14-2-3-16(23(25,26)27)5-19(14)24(28,29)30)7-21-18(20)4-13(11-36-21)8-31-9-15(10-31)22(32)33/h2-7,15H,8-12H2,1H3,(H,32,33). The van der Waals surface area contributed by atoms with Gasteiger partial charge in [0.15, 0.2) is 0 Å². The van der Waals surface area contributed by atoms with Crippen LogP contribution in [0.5, 0.6) is 17.2 Å². The molecule has 2 aliphatic heterocycles. The molecule has 2 aromatic carbocycles. The summed E-state index contributed by atoms with van der Waals surface area (Å²) in [5.74, 6) is -0.418. The highest BCUT2D eigenvalue weighted by Crippen LogP contribution is 2.40. The first-order valence-corrected chi connectivity index (χ1v) is 10.7. The summed E-state index contributed by atoms with van der Waals surface area (Å²) in [6.45, 7) is 0.972. The SMILES string of the molecule is COc1cc(OCc2ccc(C(F)(F)F)cc2C(F)(F)F)cc2c1C=C(CN1CC(C(=O)O)C1)CO2. The maximum absolute atomic E-state index is 13.4. The molecule has 0 atom stereocenters. The number of halogens is 6. The normalized spacial score (nSPS) is 16.5. The number of aliphatic carboxylic acids is 1. The van der Waals surface area contributed by atoms with Crippen LogP contribution >= 0.6 is 0 Å². The van der Waals surface area contributed by atoms with Crippen LogP contribution in [-0.4, -0.2) is 49.3 Å². The zero-order valence-electron chi connectivity index (χ0n) is 18.9. The van der Waals surface area contributed by atoms with Crippen molar-refractivity contribution in [3.8, 4) is 17.2 Å². The molecule has 0 radical (unpaired) electrons. The molecule has 0 bridgehead atoms. The summed E-state index contributed by atoms with van der Waals surface area (Å²) in [4.78, 5) is 12.9. The lowest BCUT2D eigenvalue weighted by Gasteiger charge is -2.37. The molecule has 0 spiro atoms. The van der Waals surface area contributed by atoms with E-state index in [4.69, 9.17) is 19.3 Å². The van der Waals surface area contributed by atoms with Crippen molar-refractivity contribution >= 4 is 12.0 Å². The maximum Gasteiger partial charge on any atom is 0.416 e. The average Bonchev–Trinajstić information content (AvgIpc) is 2.77. The molecular weight excluding hydrogens is 496 g/mol. The number of alkyl halides is 6. The Balaban J connectivity index is 1.51. The third-order valence-electron chi connectivity index (χ3n) is 5.93. The smallest absolute Gasteiger partial charge is 0.416 e. The number of methoxy groups -OCH3 is 1. The number of hydrogen-bond donors (Lipinski definition) is 1. The minimum Gasteiger partial charge on any atom is -0.496 e. The van der Waals surface area contributed by atoms with Crippen molar-refractivity contribution in [2.75, 3.05) is 33.4 Å². The molecule has 0 aromatic heterocycles. The number of carboxylic acid groups (broad SMARTS) is 1. The van der Waals surface area contributed by atoms with Gasteiger partial charge in [0.1, 0.15) is 30.5 Å². The minimum absolute atomic E-state index is 0.0678. The minimum atomic E-state index is -5.00.